The first-order chi connectivity index (χ1) is 15.6. The second-order valence-electron chi connectivity index (χ2n) is 6.82. The summed E-state index contributed by atoms with van der Waals surface area (Å²) in [4.78, 5) is 12.6. The van der Waals surface area contributed by atoms with Gasteiger partial charge in [-0.3, -0.25) is 9.48 Å². The Kier molecular flexibility index (Phi) is 5.62. The number of alkyl halides is 5. The molecule has 33 heavy (non-hydrogen) atoms. The van der Waals surface area contributed by atoms with Gasteiger partial charge < -0.3 is 5.32 Å². The first-order valence-electron chi connectivity index (χ1n) is 9.33. The molecule has 0 aliphatic rings. The predicted molar refractivity (Wildman–Crippen MR) is 106 cm³/mol. The SMILES string of the molecule is Cn1cc(C(=O)Nc2ccccc2-c2ccc(-n3ccc(C(F)(F)F)n3)nn2)c(C(F)F)n1. The lowest BCUT2D eigenvalue weighted by Gasteiger charge is -2.11. The first kappa shape index (κ1) is 22.0. The molecule has 0 atom stereocenters. The van der Waals surface area contributed by atoms with Crippen molar-refractivity contribution in [3.8, 4) is 17.1 Å². The van der Waals surface area contributed by atoms with E-state index in [4.69, 9.17) is 0 Å². The Labute approximate surface area is 182 Å². The van der Waals surface area contributed by atoms with E-state index in [2.05, 4.69) is 25.7 Å². The van der Waals surface area contributed by atoms with Crippen LogP contribution >= 0.6 is 0 Å². The van der Waals surface area contributed by atoms with Crippen LogP contribution in [0.15, 0.2) is 54.9 Å². The van der Waals surface area contributed by atoms with Crippen LogP contribution in [0.4, 0.5) is 27.6 Å². The molecule has 0 unspecified atom stereocenters. The number of para-hydroxylation sites is 1. The van der Waals surface area contributed by atoms with Gasteiger partial charge in [0.05, 0.1) is 16.9 Å². The van der Waals surface area contributed by atoms with Gasteiger partial charge >= 0.3 is 6.18 Å². The molecule has 8 nitrogen and oxygen atoms in total. The van der Waals surface area contributed by atoms with Crippen molar-refractivity contribution in [1.29, 1.82) is 0 Å². The van der Waals surface area contributed by atoms with Crippen molar-refractivity contribution in [2.45, 2.75) is 12.6 Å². The van der Waals surface area contributed by atoms with E-state index in [1.54, 1.807) is 24.3 Å². The fourth-order valence-electron chi connectivity index (χ4n) is 3.04. The number of aromatic nitrogens is 6. The second-order valence-corrected chi connectivity index (χ2v) is 6.82. The standard InChI is InChI=1S/C20H14F5N7O/c1-31-10-12(17(30-31)18(21)22)19(33)26-13-5-3-2-4-11(13)14-6-7-16(28-27-14)32-9-8-15(29-32)20(23,24)25/h2-10,18H,1H3,(H,26,33). The van der Waals surface area contributed by atoms with Gasteiger partial charge in [0.2, 0.25) is 0 Å². The molecule has 0 fully saturated rings. The highest BCUT2D eigenvalue weighted by Gasteiger charge is 2.33. The number of carbonyl (C=O) groups is 1. The van der Waals surface area contributed by atoms with Crippen LogP contribution in [0.3, 0.4) is 0 Å². The largest absolute Gasteiger partial charge is 0.435 e. The van der Waals surface area contributed by atoms with Gasteiger partial charge in [0.25, 0.3) is 12.3 Å². The fraction of sp³-hybridized carbons (Fsp3) is 0.150. The molecule has 0 aliphatic carbocycles. The van der Waals surface area contributed by atoms with E-state index in [9.17, 15) is 26.7 Å². The summed E-state index contributed by atoms with van der Waals surface area (Å²) >= 11 is 0. The highest BCUT2D eigenvalue weighted by Crippen LogP contribution is 2.29. The minimum atomic E-state index is -4.59. The topological polar surface area (TPSA) is 90.5 Å². The van der Waals surface area contributed by atoms with Crippen LogP contribution in [-0.2, 0) is 13.2 Å². The number of halogens is 5. The number of anilines is 1. The van der Waals surface area contributed by atoms with E-state index in [0.29, 0.717) is 5.56 Å². The van der Waals surface area contributed by atoms with Crippen LogP contribution in [0.1, 0.15) is 28.2 Å². The Morgan fingerprint density at radius 2 is 1.79 bits per heavy atom. The minimum absolute atomic E-state index is 0.0488. The van der Waals surface area contributed by atoms with Crippen molar-refractivity contribution in [1.82, 2.24) is 29.8 Å². The highest BCUT2D eigenvalue weighted by atomic mass is 19.4. The van der Waals surface area contributed by atoms with Crippen LogP contribution in [0, 0.1) is 0 Å². The summed E-state index contributed by atoms with van der Waals surface area (Å²) in [6.07, 6.45) is -5.22. The van der Waals surface area contributed by atoms with Gasteiger partial charge in [-0.1, -0.05) is 18.2 Å². The zero-order valence-electron chi connectivity index (χ0n) is 16.8. The number of nitrogens with one attached hydrogen (secondary N) is 1. The molecule has 0 spiro atoms. The smallest absolute Gasteiger partial charge is 0.321 e. The Morgan fingerprint density at radius 3 is 2.42 bits per heavy atom. The van der Waals surface area contributed by atoms with Crippen molar-refractivity contribution < 1.29 is 26.7 Å². The average molecular weight is 463 g/mol. The van der Waals surface area contributed by atoms with Crippen LogP contribution in [0.2, 0.25) is 0 Å². The zero-order valence-corrected chi connectivity index (χ0v) is 16.8. The summed E-state index contributed by atoms with van der Waals surface area (Å²) in [6, 6.07) is 10.2. The number of aryl methyl sites for hydroxylation is 1. The van der Waals surface area contributed by atoms with Crippen molar-refractivity contribution in [3.63, 3.8) is 0 Å². The Balaban J connectivity index is 1.60. The van der Waals surface area contributed by atoms with Gasteiger partial charge in [-0.15, -0.1) is 10.2 Å². The van der Waals surface area contributed by atoms with Crippen molar-refractivity contribution in [2.24, 2.45) is 7.05 Å². The number of rotatable bonds is 5. The number of carbonyl (C=O) groups excluding carboxylic acids is 1. The number of amides is 1. The summed E-state index contributed by atoms with van der Waals surface area (Å²) in [5, 5.41) is 17.5. The van der Waals surface area contributed by atoms with Crippen molar-refractivity contribution in [3.05, 3.63) is 71.8 Å². The van der Waals surface area contributed by atoms with E-state index in [0.717, 1.165) is 21.6 Å². The minimum Gasteiger partial charge on any atom is -0.321 e. The Hall–Kier alpha value is -4.16. The monoisotopic (exact) mass is 463 g/mol. The Bertz CT molecular complexity index is 1290. The maximum atomic E-state index is 13.2. The van der Waals surface area contributed by atoms with Crippen LogP contribution in [0.5, 0.6) is 0 Å². The molecule has 1 N–H and O–H groups in total. The third-order valence-corrected chi connectivity index (χ3v) is 4.52. The van der Waals surface area contributed by atoms with Crippen LogP contribution in [-0.4, -0.2) is 35.7 Å². The van der Waals surface area contributed by atoms with Gasteiger partial charge in [0, 0.05) is 25.0 Å². The highest BCUT2D eigenvalue weighted by molar-refractivity contribution is 6.06. The van der Waals surface area contributed by atoms with Crippen molar-refractivity contribution in [2.75, 3.05) is 5.32 Å². The van der Waals surface area contributed by atoms with Crippen LogP contribution < -0.4 is 5.32 Å². The van der Waals surface area contributed by atoms with Gasteiger partial charge in [0.1, 0.15) is 5.69 Å². The molecule has 0 aliphatic heterocycles. The lowest BCUT2D eigenvalue weighted by molar-refractivity contribution is -0.141. The van der Waals surface area contributed by atoms with Gasteiger partial charge in [-0.25, -0.2) is 13.5 Å². The van der Waals surface area contributed by atoms with Gasteiger partial charge in [-0.05, 0) is 24.3 Å². The lowest BCUT2D eigenvalue weighted by Crippen LogP contribution is -2.14. The summed E-state index contributed by atoms with van der Waals surface area (Å²) in [5.74, 6) is -0.737. The summed E-state index contributed by atoms with van der Waals surface area (Å²) in [5.41, 5.74) is -1.01. The number of benzene rings is 1. The maximum absolute atomic E-state index is 13.2. The molecular formula is C20H14F5N7O. The van der Waals surface area contributed by atoms with E-state index < -0.39 is 29.9 Å². The average Bonchev–Trinajstić information content (AvgIpc) is 3.42. The van der Waals surface area contributed by atoms with E-state index in [1.165, 1.54) is 25.4 Å². The summed E-state index contributed by atoms with van der Waals surface area (Å²) < 4.78 is 66.7. The number of hydrogen-bond donors (Lipinski definition) is 1. The summed E-state index contributed by atoms with van der Waals surface area (Å²) in [7, 11) is 1.42. The summed E-state index contributed by atoms with van der Waals surface area (Å²) in [6.45, 7) is 0. The fourth-order valence-corrected chi connectivity index (χ4v) is 3.04. The molecule has 0 radical (unpaired) electrons. The Morgan fingerprint density at radius 1 is 1.03 bits per heavy atom. The molecule has 0 saturated heterocycles. The molecule has 170 valence electrons. The lowest BCUT2D eigenvalue weighted by atomic mass is 10.1. The van der Waals surface area contributed by atoms with E-state index in [-0.39, 0.29) is 22.8 Å². The maximum Gasteiger partial charge on any atom is 0.435 e. The molecule has 0 saturated carbocycles. The molecule has 1 aromatic carbocycles. The van der Waals surface area contributed by atoms with Crippen LogP contribution in [0.25, 0.3) is 17.1 Å². The predicted octanol–water partition coefficient (Wildman–Crippen LogP) is 4.27. The first-order valence-corrected chi connectivity index (χ1v) is 9.33. The number of hydrogen-bond acceptors (Lipinski definition) is 5. The molecular weight excluding hydrogens is 449 g/mol. The molecule has 4 aromatic rings. The van der Waals surface area contributed by atoms with Crippen molar-refractivity contribution >= 4 is 11.6 Å². The normalized spacial score (nSPS) is 11.7. The molecule has 1 amide bonds. The number of nitrogens with zero attached hydrogens (tertiary/aromatic N) is 6. The quantitative estimate of drug-likeness (QED) is 0.447. The molecule has 4 rings (SSSR count). The molecule has 3 aromatic heterocycles. The molecule has 0 bridgehead atoms. The molecule has 13 heteroatoms. The van der Waals surface area contributed by atoms with E-state index in [1.807, 2.05) is 0 Å². The second kappa shape index (κ2) is 8.41. The third-order valence-electron chi connectivity index (χ3n) is 4.52. The molecule has 3 heterocycles. The van der Waals surface area contributed by atoms with Gasteiger partial charge in [-0.2, -0.15) is 23.4 Å². The van der Waals surface area contributed by atoms with E-state index >= 15 is 0 Å². The van der Waals surface area contributed by atoms with Gasteiger partial charge in [0.15, 0.2) is 11.5 Å². The third kappa shape index (κ3) is 4.56. The zero-order chi connectivity index (χ0) is 23.8.